The molecule has 2 aromatic rings. The van der Waals surface area contributed by atoms with Crippen molar-refractivity contribution in [1.29, 1.82) is 0 Å². The second-order valence-electron chi connectivity index (χ2n) is 4.17. The lowest BCUT2D eigenvalue weighted by Gasteiger charge is -2.11. The first-order chi connectivity index (χ1) is 9.22. The highest BCUT2D eigenvalue weighted by Gasteiger charge is 2.10. The van der Waals surface area contributed by atoms with Crippen molar-refractivity contribution in [3.05, 3.63) is 59.4 Å². The normalized spacial score (nSPS) is 10.2. The number of carboxylic acid groups (broad SMARTS) is 1. The van der Waals surface area contributed by atoms with Crippen LogP contribution in [0.1, 0.15) is 28.5 Å². The Labute approximate surface area is 112 Å². The summed E-state index contributed by atoms with van der Waals surface area (Å²) >= 11 is 0. The van der Waals surface area contributed by atoms with Gasteiger partial charge in [-0.25, -0.2) is 4.79 Å². The average molecular weight is 256 g/mol. The van der Waals surface area contributed by atoms with Gasteiger partial charge in [0.15, 0.2) is 0 Å². The molecule has 0 spiro atoms. The smallest absolute Gasteiger partial charge is 0.337 e. The van der Waals surface area contributed by atoms with Crippen LogP contribution in [-0.4, -0.2) is 16.1 Å². The van der Waals surface area contributed by atoms with E-state index in [1.54, 1.807) is 18.3 Å². The van der Waals surface area contributed by atoms with Crippen LogP contribution in [0, 0.1) is 0 Å². The molecule has 0 saturated heterocycles. The van der Waals surface area contributed by atoms with Crippen LogP contribution in [0.2, 0.25) is 0 Å². The van der Waals surface area contributed by atoms with Gasteiger partial charge in [-0.3, -0.25) is 4.98 Å². The molecule has 0 atom stereocenters. The van der Waals surface area contributed by atoms with Crippen molar-refractivity contribution >= 4 is 11.7 Å². The number of para-hydroxylation sites is 1. The fourth-order valence-corrected chi connectivity index (χ4v) is 1.95. The predicted octanol–water partition coefficient (Wildman–Crippen LogP) is 2.95. The third-order valence-corrected chi connectivity index (χ3v) is 2.97. The summed E-state index contributed by atoms with van der Waals surface area (Å²) in [5.74, 6) is -0.950. The largest absolute Gasteiger partial charge is 0.478 e. The summed E-state index contributed by atoms with van der Waals surface area (Å²) in [7, 11) is 0. The Kier molecular flexibility index (Phi) is 4.13. The van der Waals surface area contributed by atoms with E-state index in [0.29, 0.717) is 12.2 Å². The van der Waals surface area contributed by atoms with Gasteiger partial charge in [0.2, 0.25) is 0 Å². The topological polar surface area (TPSA) is 62.2 Å². The Morgan fingerprint density at radius 1 is 1.26 bits per heavy atom. The summed E-state index contributed by atoms with van der Waals surface area (Å²) in [4.78, 5) is 15.2. The molecule has 0 unspecified atom stereocenters. The van der Waals surface area contributed by atoms with E-state index >= 15 is 0 Å². The van der Waals surface area contributed by atoms with Crippen LogP contribution in [0.3, 0.4) is 0 Å². The first-order valence-corrected chi connectivity index (χ1v) is 6.21. The van der Waals surface area contributed by atoms with Crippen LogP contribution in [0.25, 0.3) is 0 Å². The minimum Gasteiger partial charge on any atom is -0.478 e. The summed E-state index contributed by atoms with van der Waals surface area (Å²) in [5, 5.41) is 12.3. The van der Waals surface area contributed by atoms with E-state index < -0.39 is 5.97 Å². The molecular formula is C15H16N2O2. The number of pyridine rings is 1. The van der Waals surface area contributed by atoms with Gasteiger partial charge >= 0.3 is 5.97 Å². The molecule has 4 nitrogen and oxygen atoms in total. The first-order valence-electron chi connectivity index (χ1n) is 6.21. The fourth-order valence-electron chi connectivity index (χ4n) is 1.95. The van der Waals surface area contributed by atoms with Gasteiger partial charge in [-0.2, -0.15) is 0 Å². The van der Waals surface area contributed by atoms with Crippen molar-refractivity contribution in [2.75, 3.05) is 5.32 Å². The first kappa shape index (κ1) is 13.1. The van der Waals surface area contributed by atoms with Crippen molar-refractivity contribution in [1.82, 2.24) is 4.98 Å². The number of anilines is 1. The number of nitrogens with zero attached hydrogens (tertiary/aromatic N) is 1. The van der Waals surface area contributed by atoms with Gasteiger partial charge in [0.1, 0.15) is 0 Å². The number of aromatic carboxylic acids is 1. The van der Waals surface area contributed by atoms with Crippen molar-refractivity contribution in [3.8, 4) is 0 Å². The zero-order chi connectivity index (χ0) is 13.7. The maximum Gasteiger partial charge on any atom is 0.337 e. The maximum absolute atomic E-state index is 11.1. The van der Waals surface area contributed by atoms with Crippen LogP contribution in [-0.2, 0) is 13.0 Å². The summed E-state index contributed by atoms with van der Waals surface area (Å²) in [6.07, 6.45) is 2.53. The number of hydrogen-bond acceptors (Lipinski definition) is 3. The van der Waals surface area contributed by atoms with Crippen molar-refractivity contribution in [2.24, 2.45) is 0 Å². The number of nitrogens with one attached hydrogen (secondary N) is 1. The molecule has 0 fully saturated rings. The predicted molar refractivity (Wildman–Crippen MR) is 74.3 cm³/mol. The molecule has 0 radical (unpaired) electrons. The Morgan fingerprint density at radius 2 is 2.05 bits per heavy atom. The zero-order valence-corrected chi connectivity index (χ0v) is 10.8. The molecule has 0 aliphatic carbocycles. The zero-order valence-electron chi connectivity index (χ0n) is 10.8. The fraction of sp³-hybridized carbons (Fsp3) is 0.200. The van der Waals surface area contributed by atoms with Crippen LogP contribution in [0.4, 0.5) is 5.69 Å². The molecule has 0 bridgehead atoms. The Bertz CT molecular complexity index is 582. The van der Waals surface area contributed by atoms with Crippen LogP contribution in [0.15, 0.2) is 42.6 Å². The van der Waals surface area contributed by atoms with Gasteiger partial charge in [-0.15, -0.1) is 0 Å². The monoisotopic (exact) mass is 256 g/mol. The SMILES string of the molecule is CCc1ccccc1NCc1ncccc1C(=O)O. The van der Waals surface area contributed by atoms with Crippen molar-refractivity contribution in [3.63, 3.8) is 0 Å². The van der Waals surface area contributed by atoms with Crippen LogP contribution in [0.5, 0.6) is 0 Å². The Hall–Kier alpha value is -2.36. The lowest BCUT2D eigenvalue weighted by molar-refractivity contribution is 0.0695. The molecule has 4 heteroatoms. The van der Waals surface area contributed by atoms with Gasteiger partial charge < -0.3 is 10.4 Å². The molecule has 2 N–H and O–H groups in total. The van der Waals surface area contributed by atoms with Gasteiger partial charge in [0.05, 0.1) is 17.8 Å². The number of aromatic nitrogens is 1. The van der Waals surface area contributed by atoms with Crippen molar-refractivity contribution in [2.45, 2.75) is 19.9 Å². The van der Waals surface area contributed by atoms with E-state index in [1.165, 1.54) is 5.56 Å². The third-order valence-electron chi connectivity index (χ3n) is 2.97. The minimum atomic E-state index is -0.950. The highest BCUT2D eigenvalue weighted by molar-refractivity contribution is 5.88. The summed E-state index contributed by atoms with van der Waals surface area (Å²) in [5.41, 5.74) is 3.01. The maximum atomic E-state index is 11.1. The molecule has 0 aliphatic heterocycles. The third kappa shape index (κ3) is 3.10. The molecule has 0 amide bonds. The van der Waals surface area contributed by atoms with E-state index in [9.17, 15) is 4.79 Å². The summed E-state index contributed by atoms with van der Waals surface area (Å²) in [6, 6.07) is 11.2. The van der Waals surface area contributed by atoms with Gasteiger partial charge in [0.25, 0.3) is 0 Å². The lowest BCUT2D eigenvalue weighted by atomic mass is 10.1. The molecule has 0 aliphatic rings. The minimum absolute atomic E-state index is 0.240. The summed E-state index contributed by atoms with van der Waals surface area (Å²) in [6.45, 7) is 2.49. The average Bonchev–Trinajstić information content (AvgIpc) is 2.45. The molecule has 1 heterocycles. The van der Waals surface area contributed by atoms with Gasteiger partial charge in [-0.1, -0.05) is 25.1 Å². The molecule has 1 aromatic heterocycles. The number of carbonyl (C=O) groups is 1. The highest BCUT2D eigenvalue weighted by Crippen LogP contribution is 2.17. The number of hydrogen-bond donors (Lipinski definition) is 2. The number of rotatable bonds is 5. The van der Waals surface area contributed by atoms with E-state index in [1.807, 2.05) is 18.2 Å². The quantitative estimate of drug-likeness (QED) is 0.863. The molecule has 19 heavy (non-hydrogen) atoms. The van der Waals surface area contributed by atoms with Crippen molar-refractivity contribution < 1.29 is 9.90 Å². The highest BCUT2D eigenvalue weighted by atomic mass is 16.4. The molecule has 98 valence electrons. The van der Waals surface area contributed by atoms with E-state index in [4.69, 9.17) is 5.11 Å². The molecule has 2 rings (SSSR count). The Morgan fingerprint density at radius 3 is 2.79 bits per heavy atom. The van der Waals surface area contributed by atoms with Gasteiger partial charge in [0, 0.05) is 11.9 Å². The van der Waals surface area contributed by atoms with Crippen LogP contribution < -0.4 is 5.32 Å². The van der Waals surface area contributed by atoms with E-state index in [2.05, 4.69) is 23.3 Å². The second-order valence-corrected chi connectivity index (χ2v) is 4.17. The number of aryl methyl sites for hydroxylation is 1. The number of benzene rings is 1. The Balaban J connectivity index is 2.17. The molecule has 1 aromatic carbocycles. The van der Waals surface area contributed by atoms with E-state index in [-0.39, 0.29) is 5.56 Å². The second kappa shape index (κ2) is 6.00. The molecular weight excluding hydrogens is 240 g/mol. The lowest BCUT2D eigenvalue weighted by Crippen LogP contribution is -2.10. The van der Waals surface area contributed by atoms with Gasteiger partial charge in [-0.05, 0) is 30.2 Å². The van der Waals surface area contributed by atoms with E-state index in [0.717, 1.165) is 12.1 Å². The number of carboxylic acids is 1. The summed E-state index contributed by atoms with van der Waals surface area (Å²) < 4.78 is 0. The van der Waals surface area contributed by atoms with Crippen LogP contribution >= 0.6 is 0 Å². The standard InChI is InChI=1S/C15H16N2O2/c1-2-11-6-3-4-8-13(11)17-10-14-12(15(18)19)7-5-9-16-14/h3-9,17H,2,10H2,1H3,(H,18,19). The molecule has 0 saturated carbocycles.